The van der Waals surface area contributed by atoms with Crippen LogP contribution in [0.1, 0.15) is 44.4 Å². The summed E-state index contributed by atoms with van der Waals surface area (Å²) in [6.45, 7) is 8.78. The molecule has 1 fully saturated rings. The van der Waals surface area contributed by atoms with Crippen LogP contribution < -0.4 is 0 Å². The van der Waals surface area contributed by atoms with Gasteiger partial charge in [0.2, 0.25) is 0 Å². The average molecular weight is 348 g/mol. The molecule has 0 aromatic heterocycles. The van der Waals surface area contributed by atoms with Gasteiger partial charge in [0.05, 0.1) is 5.92 Å². The summed E-state index contributed by atoms with van der Waals surface area (Å²) in [5.41, 5.74) is 4.82. The van der Waals surface area contributed by atoms with Crippen LogP contribution in [0.4, 0.5) is 0 Å². The van der Waals surface area contributed by atoms with E-state index in [2.05, 4.69) is 70.2 Å². The van der Waals surface area contributed by atoms with Crippen LogP contribution in [0.3, 0.4) is 0 Å². The second kappa shape index (κ2) is 7.49. The largest absolute Gasteiger partial charge is 0.461 e. The van der Waals surface area contributed by atoms with Crippen molar-refractivity contribution < 1.29 is 9.53 Å². The summed E-state index contributed by atoms with van der Waals surface area (Å²) >= 11 is 0. The Morgan fingerprint density at radius 2 is 1.65 bits per heavy atom. The second-order valence-corrected chi connectivity index (χ2v) is 8.16. The van der Waals surface area contributed by atoms with Crippen LogP contribution in [-0.4, -0.2) is 5.97 Å². The van der Waals surface area contributed by atoms with E-state index in [0.717, 1.165) is 12.0 Å². The normalized spacial score (nSPS) is 20.3. The number of esters is 1. The molecule has 0 amide bonds. The van der Waals surface area contributed by atoms with Crippen LogP contribution in [0.5, 0.6) is 0 Å². The molecule has 26 heavy (non-hydrogen) atoms. The molecule has 0 heterocycles. The molecule has 1 saturated carbocycles. The molecule has 0 saturated heterocycles. The van der Waals surface area contributed by atoms with Crippen molar-refractivity contribution in [3.8, 4) is 0 Å². The van der Waals surface area contributed by atoms with E-state index in [9.17, 15) is 4.79 Å². The first-order valence-corrected chi connectivity index (χ1v) is 9.31. The molecule has 2 heteroatoms. The highest BCUT2D eigenvalue weighted by atomic mass is 16.5. The third-order valence-corrected chi connectivity index (χ3v) is 5.30. The molecular weight excluding hydrogens is 320 g/mol. The van der Waals surface area contributed by atoms with E-state index in [-0.39, 0.29) is 17.3 Å². The highest BCUT2D eigenvalue weighted by Crippen LogP contribution is 2.59. The summed E-state index contributed by atoms with van der Waals surface area (Å²) in [6.07, 6.45) is 3.09. The van der Waals surface area contributed by atoms with Crippen LogP contribution in [0, 0.1) is 17.3 Å². The van der Waals surface area contributed by atoms with Crippen molar-refractivity contribution >= 4 is 5.97 Å². The fraction of sp³-hybridized carbons (Fsp3) is 0.375. The molecule has 1 aliphatic carbocycles. The van der Waals surface area contributed by atoms with Gasteiger partial charge < -0.3 is 4.74 Å². The number of allylic oxidation sites excluding steroid dienone is 2. The molecule has 0 aliphatic heterocycles. The van der Waals surface area contributed by atoms with Gasteiger partial charge in [-0.25, -0.2) is 0 Å². The van der Waals surface area contributed by atoms with Crippen LogP contribution >= 0.6 is 0 Å². The molecule has 2 atom stereocenters. The lowest BCUT2D eigenvalue weighted by Crippen LogP contribution is -2.10. The summed E-state index contributed by atoms with van der Waals surface area (Å²) in [6, 6.07) is 18.7. The third kappa shape index (κ3) is 4.24. The Labute approximate surface area is 156 Å². The van der Waals surface area contributed by atoms with E-state index < -0.39 is 0 Å². The molecule has 0 N–H and O–H groups in total. The van der Waals surface area contributed by atoms with Crippen molar-refractivity contribution in [2.24, 2.45) is 17.3 Å². The molecule has 0 radical (unpaired) electrons. The first kappa shape index (κ1) is 18.4. The Balaban J connectivity index is 1.59. The molecule has 3 rings (SSSR count). The summed E-state index contributed by atoms with van der Waals surface area (Å²) in [4.78, 5) is 12.5. The van der Waals surface area contributed by atoms with Gasteiger partial charge in [0, 0.05) is 0 Å². The van der Waals surface area contributed by atoms with Crippen LogP contribution in [0.15, 0.2) is 66.2 Å². The first-order valence-electron chi connectivity index (χ1n) is 9.31. The minimum Gasteiger partial charge on any atom is -0.461 e. The maximum atomic E-state index is 12.5. The maximum absolute atomic E-state index is 12.5. The van der Waals surface area contributed by atoms with Crippen molar-refractivity contribution in [3.63, 3.8) is 0 Å². The summed E-state index contributed by atoms with van der Waals surface area (Å²) in [7, 11) is 0. The van der Waals surface area contributed by atoms with Gasteiger partial charge in [0.25, 0.3) is 0 Å². The zero-order chi connectivity index (χ0) is 18.7. The highest BCUT2D eigenvalue weighted by molar-refractivity contribution is 5.78. The van der Waals surface area contributed by atoms with E-state index in [4.69, 9.17) is 4.74 Å². The monoisotopic (exact) mass is 348 g/mol. The Morgan fingerprint density at radius 3 is 2.35 bits per heavy atom. The van der Waals surface area contributed by atoms with Crippen LogP contribution in [0.2, 0.25) is 0 Å². The Hall–Kier alpha value is -2.35. The predicted molar refractivity (Wildman–Crippen MR) is 106 cm³/mol. The van der Waals surface area contributed by atoms with Crippen molar-refractivity contribution in [2.75, 3.05) is 0 Å². The Kier molecular flexibility index (Phi) is 5.31. The van der Waals surface area contributed by atoms with Crippen molar-refractivity contribution in [1.29, 1.82) is 0 Å². The zero-order valence-electron chi connectivity index (χ0n) is 16.2. The molecule has 0 unspecified atom stereocenters. The summed E-state index contributed by atoms with van der Waals surface area (Å²) in [5, 5.41) is 0. The van der Waals surface area contributed by atoms with Gasteiger partial charge in [-0.15, -0.1) is 0 Å². The first-order chi connectivity index (χ1) is 12.4. The number of rotatable bonds is 6. The van der Waals surface area contributed by atoms with Gasteiger partial charge in [-0.05, 0) is 48.3 Å². The standard InChI is InChI=1S/C24H28O2/c1-17(2)13-21-22(24(21,3)4)23(25)26-16-20-12-8-11-19(15-20)14-18-9-6-5-7-10-18/h5-13,15,21-22H,14,16H2,1-4H3/t21-,22+/m0/s1. The zero-order valence-corrected chi connectivity index (χ0v) is 16.2. The fourth-order valence-corrected chi connectivity index (χ4v) is 3.70. The van der Waals surface area contributed by atoms with Gasteiger partial charge >= 0.3 is 5.97 Å². The molecule has 2 aromatic carbocycles. The smallest absolute Gasteiger partial charge is 0.310 e. The number of hydrogen-bond acceptors (Lipinski definition) is 2. The molecule has 0 spiro atoms. The number of carbonyl (C=O) groups is 1. The van der Waals surface area contributed by atoms with E-state index in [1.807, 2.05) is 18.2 Å². The van der Waals surface area contributed by atoms with E-state index in [1.165, 1.54) is 16.7 Å². The molecule has 2 nitrogen and oxygen atoms in total. The minimum atomic E-state index is -0.0778. The number of benzene rings is 2. The summed E-state index contributed by atoms with van der Waals surface area (Å²) in [5.74, 6) is 0.195. The van der Waals surface area contributed by atoms with Gasteiger partial charge in [0.15, 0.2) is 0 Å². The average Bonchev–Trinajstić information content (AvgIpc) is 3.13. The third-order valence-electron chi connectivity index (χ3n) is 5.30. The molecule has 2 aromatic rings. The lowest BCUT2D eigenvalue weighted by atomic mass is 10.0. The highest BCUT2D eigenvalue weighted by Gasteiger charge is 2.61. The number of ether oxygens (including phenoxy) is 1. The van der Waals surface area contributed by atoms with Crippen molar-refractivity contribution in [3.05, 3.63) is 82.9 Å². The lowest BCUT2D eigenvalue weighted by Gasteiger charge is -2.08. The van der Waals surface area contributed by atoms with E-state index >= 15 is 0 Å². The van der Waals surface area contributed by atoms with Gasteiger partial charge in [0.1, 0.15) is 6.61 Å². The van der Waals surface area contributed by atoms with E-state index in [0.29, 0.717) is 12.5 Å². The molecular formula is C24H28O2. The predicted octanol–water partition coefficient (Wildman–Crippen LogP) is 5.56. The fourth-order valence-electron chi connectivity index (χ4n) is 3.70. The number of hydrogen-bond donors (Lipinski definition) is 0. The van der Waals surface area contributed by atoms with E-state index in [1.54, 1.807) is 0 Å². The quantitative estimate of drug-likeness (QED) is 0.505. The van der Waals surface area contributed by atoms with Crippen molar-refractivity contribution in [2.45, 2.75) is 40.7 Å². The Morgan fingerprint density at radius 1 is 1.00 bits per heavy atom. The van der Waals surface area contributed by atoms with Gasteiger partial charge in [-0.2, -0.15) is 0 Å². The lowest BCUT2D eigenvalue weighted by molar-refractivity contribution is -0.147. The van der Waals surface area contributed by atoms with Gasteiger partial charge in [-0.1, -0.05) is 80.1 Å². The number of carbonyl (C=O) groups excluding carboxylic acids is 1. The van der Waals surface area contributed by atoms with Crippen LogP contribution in [-0.2, 0) is 22.6 Å². The van der Waals surface area contributed by atoms with Crippen LogP contribution in [0.25, 0.3) is 0 Å². The minimum absolute atomic E-state index is 0.00348. The Bertz CT molecular complexity index is 798. The van der Waals surface area contributed by atoms with Crippen molar-refractivity contribution in [1.82, 2.24) is 0 Å². The second-order valence-electron chi connectivity index (χ2n) is 8.16. The molecule has 136 valence electrons. The SMILES string of the molecule is CC(C)=C[C@H]1[C@H](C(=O)OCc2cccc(Cc3ccccc3)c2)C1(C)C. The maximum Gasteiger partial charge on any atom is 0.310 e. The topological polar surface area (TPSA) is 26.3 Å². The molecule has 0 bridgehead atoms. The molecule has 1 aliphatic rings. The van der Waals surface area contributed by atoms with Gasteiger partial charge in [-0.3, -0.25) is 4.79 Å². The summed E-state index contributed by atoms with van der Waals surface area (Å²) < 4.78 is 5.64.